The topological polar surface area (TPSA) is 55.2 Å². The fraction of sp³-hybridized carbons (Fsp3) is 0.200. The smallest absolute Gasteiger partial charge is 0.295 e. The molecule has 15 heavy (non-hydrogen) atoms. The highest BCUT2D eigenvalue weighted by Gasteiger charge is 2.15. The van der Waals surface area contributed by atoms with Gasteiger partial charge in [-0.2, -0.15) is 0 Å². The molecule has 0 saturated heterocycles. The number of rotatable bonds is 4. The normalized spacial score (nSPS) is 9.73. The molecule has 1 rings (SSSR count). The molecule has 1 N–H and O–H groups in total. The molecular formula is C10H11BrN2O2. The van der Waals surface area contributed by atoms with E-state index >= 15 is 0 Å². The summed E-state index contributed by atoms with van der Waals surface area (Å²) >= 11 is 3.19. The van der Waals surface area contributed by atoms with E-state index in [1.54, 1.807) is 25.1 Å². The van der Waals surface area contributed by atoms with Crippen LogP contribution in [-0.4, -0.2) is 11.5 Å². The van der Waals surface area contributed by atoms with Crippen molar-refractivity contribution < 1.29 is 4.92 Å². The van der Waals surface area contributed by atoms with Crippen LogP contribution in [0.15, 0.2) is 29.3 Å². The molecule has 0 heterocycles. The summed E-state index contributed by atoms with van der Waals surface area (Å²) in [7, 11) is 0. The zero-order chi connectivity index (χ0) is 11.4. The number of anilines is 1. The van der Waals surface area contributed by atoms with Gasteiger partial charge in [0.05, 0.1) is 4.92 Å². The quantitative estimate of drug-likeness (QED) is 0.675. The van der Waals surface area contributed by atoms with Gasteiger partial charge < -0.3 is 5.32 Å². The summed E-state index contributed by atoms with van der Waals surface area (Å²) in [5.74, 6) is 0. The Kier molecular flexibility index (Phi) is 3.85. The van der Waals surface area contributed by atoms with Crippen molar-refractivity contribution in [1.29, 1.82) is 0 Å². The Labute approximate surface area is 96.3 Å². The highest BCUT2D eigenvalue weighted by molar-refractivity contribution is 9.11. The maximum Gasteiger partial charge on any atom is 0.295 e. The molecule has 0 aliphatic heterocycles. The zero-order valence-electron chi connectivity index (χ0n) is 8.29. The lowest BCUT2D eigenvalue weighted by Crippen LogP contribution is -2.04. The minimum absolute atomic E-state index is 0.117. The second-order valence-electron chi connectivity index (χ2n) is 3.10. The van der Waals surface area contributed by atoms with Crippen LogP contribution in [0.4, 0.5) is 11.4 Å². The van der Waals surface area contributed by atoms with Crippen LogP contribution in [0.5, 0.6) is 0 Å². The SMILES string of the molecule is C=C(Br)CNc1cccc(C)c1[N+](=O)[O-]. The molecule has 0 bridgehead atoms. The zero-order valence-corrected chi connectivity index (χ0v) is 9.87. The molecule has 0 aliphatic rings. The molecule has 0 unspecified atom stereocenters. The van der Waals surface area contributed by atoms with Crippen LogP contribution in [0.2, 0.25) is 0 Å². The third-order valence-electron chi connectivity index (χ3n) is 1.89. The Balaban J connectivity index is 3.01. The van der Waals surface area contributed by atoms with Crippen molar-refractivity contribution in [3.05, 3.63) is 44.9 Å². The molecular weight excluding hydrogens is 260 g/mol. The molecule has 0 aliphatic carbocycles. The molecule has 1 aromatic rings. The molecule has 0 aromatic heterocycles. The van der Waals surface area contributed by atoms with Gasteiger partial charge in [-0.3, -0.25) is 10.1 Å². The van der Waals surface area contributed by atoms with Crippen LogP contribution < -0.4 is 5.32 Å². The summed E-state index contributed by atoms with van der Waals surface area (Å²) < 4.78 is 0.748. The first kappa shape index (κ1) is 11.7. The largest absolute Gasteiger partial charge is 0.375 e. The number of nitro benzene ring substituents is 1. The van der Waals surface area contributed by atoms with Gasteiger partial charge in [0, 0.05) is 16.6 Å². The minimum Gasteiger partial charge on any atom is -0.375 e. The Morgan fingerprint density at radius 2 is 2.33 bits per heavy atom. The van der Waals surface area contributed by atoms with Crippen LogP contribution in [0.1, 0.15) is 5.56 Å². The number of nitrogens with one attached hydrogen (secondary N) is 1. The van der Waals surface area contributed by atoms with Crippen molar-refractivity contribution in [2.24, 2.45) is 0 Å². The monoisotopic (exact) mass is 270 g/mol. The summed E-state index contributed by atoms with van der Waals surface area (Å²) in [5, 5.41) is 13.8. The minimum atomic E-state index is -0.380. The first-order valence-electron chi connectivity index (χ1n) is 4.33. The molecule has 0 fully saturated rings. The molecule has 4 nitrogen and oxygen atoms in total. The number of benzene rings is 1. The second kappa shape index (κ2) is 4.93. The number of nitrogens with zero attached hydrogens (tertiary/aromatic N) is 1. The standard InChI is InChI=1S/C10H11BrN2O2/c1-7-4-3-5-9(10(7)13(14)15)12-6-8(2)11/h3-5,12H,2,6H2,1H3. The van der Waals surface area contributed by atoms with E-state index in [1.807, 2.05) is 0 Å². The summed E-state index contributed by atoms with van der Waals surface area (Å²) in [6.07, 6.45) is 0. The van der Waals surface area contributed by atoms with Crippen molar-refractivity contribution in [2.75, 3.05) is 11.9 Å². The van der Waals surface area contributed by atoms with E-state index in [-0.39, 0.29) is 10.6 Å². The number of para-hydroxylation sites is 1. The van der Waals surface area contributed by atoms with Gasteiger partial charge in [0.25, 0.3) is 5.69 Å². The number of halogens is 1. The Bertz CT molecular complexity index is 404. The fourth-order valence-corrected chi connectivity index (χ4v) is 1.38. The fourth-order valence-electron chi connectivity index (χ4n) is 1.24. The number of hydrogen-bond donors (Lipinski definition) is 1. The van der Waals surface area contributed by atoms with Gasteiger partial charge in [-0.1, -0.05) is 34.6 Å². The van der Waals surface area contributed by atoms with Crippen LogP contribution in [0.25, 0.3) is 0 Å². The Morgan fingerprint density at radius 1 is 1.67 bits per heavy atom. The lowest BCUT2D eigenvalue weighted by molar-refractivity contribution is -0.384. The molecule has 0 spiro atoms. The van der Waals surface area contributed by atoms with Crippen LogP contribution in [0, 0.1) is 17.0 Å². The van der Waals surface area contributed by atoms with E-state index in [0.717, 1.165) is 4.48 Å². The second-order valence-corrected chi connectivity index (χ2v) is 4.22. The third kappa shape index (κ3) is 3.06. The Hall–Kier alpha value is -1.36. The molecule has 80 valence electrons. The van der Waals surface area contributed by atoms with Gasteiger partial charge in [-0.25, -0.2) is 0 Å². The van der Waals surface area contributed by atoms with E-state index in [0.29, 0.717) is 17.8 Å². The molecule has 1 aromatic carbocycles. The highest BCUT2D eigenvalue weighted by Crippen LogP contribution is 2.27. The van der Waals surface area contributed by atoms with Crippen molar-refractivity contribution in [1.82, 2.24) is 0 Å². The van der Waals surface area contributed by atoms with E-state index in [4.69, 9.17) is 0 Å². The van der Waals surface area contributed by atoms with Gasteiger partial charge in [-0.15, -0.1) is 0 Å². The van der Waals surface area contributed by atoms with E-state index in [2.05, 4.69) is 27.8 Å². The maximum absolute atomic E-state index is 10.8. The number of aryl methyl sites for hydroxylation is 1. The van der Waals surface area contributed by atoms with E-state index in [1.165, 1.54) is 0 Å². The van der Waals surface area contributed by atoms with Gasteiger partial charge in [0.2, 0.25) is 0 Å². The lowest BCUT2D eigenvalue weighted by Gasteiger charge is -2.07. The van der Waals surface area contributed by atoms with Crippen molar-refractivity contribution in [3.63, 3.8) is 0 Å². The molecule has 0 radical (unpaired) electrons. The lowest BCUT2D eigenvalue weighted by atomic mass is 10.1. The van der Waals surface area contributed by atoms with Gasteiger partial charge in [-0.05, 0) is 13.0 Å². The van der Waals surface area contributed by atoms with Gasteiger partial charge in [0.15, 0.2) is 0 Å². The van der Waals surface area contributed by atoms with E-state index in [9.17, 15) is 10.1 Å². The van der Waals surface area contributed by atoms with E-state index < -0.39 is 0 Å². The molecule has 0 amide bonds. The van der Waals surface area contributed by atoms with Gasteiger partial charge >= 0.3 is 0 Å². The molecule has 5 heteroatoms. The summed E-state index contributed by atoms with van der Waals surface area (Å²) in [5.41, 5.74) is 1.28. The first-order valence-corrected chi connectivity index (χ1v) is 5.13. The highest BCUT2D eigenvalue weighted by atomic mass is 79.9. The number of nitro groups is 1. The number of hydrogen-bond acceptors (Lipinski definition) is 3. The van der Waals surface area contributed by atoms with Crippen molar-refractivity contribution in [3.8, 4) is 0 Å². The van der Waals surface area contributed by atoms with Gasteiger partial charge in [0.1, 0.15) is 5.69 Å². The summed E-state index contributed by atoms with van der Waals surface area (Å²) in [4.78, 5) is 10.4. The predicted octanol–water partition coefficient (Wildman–Crippen LogP) is 3.22. The van der Waals surface area contributed by atoms with Crippen molar-refractivity contribution >= 4 is 27.3 Å². The van der Waals surface area contributed by atoms with Crippen molar-refractivity contribution in [2.45, 2.75) is 6.92 Å². The Morgan fingerprint density at radius 3 is 2.87 bits per heavy atom. The van der Waals surface area contributed by atoms with Crippen LogP contribution in [-0.2, 0) is 0 Å². The first-order chi connectivity index (χ1) is 7.02. The van der Waals surface area contributed by atoms with Crippen LogP contribution >= 0.6 is 15.9 Å². The maximum atomic E-state index is 10.8. The molecule has 0 atom stereocenters. The third-order valence-corrected chi connectivity index (χ3v) is 2.17. The molecule has 0 saturated carbocycles. The van der Waals surface area contributed by atoms with Crippen LogP contribution in [0.3, 0.4) is 0 Å². The average molecular weight is 271 g/mol. The summed E-state index contributed by atoms with van der Waals surface area (Å²) in [6.45, 7) is 5.83. The summed E-state index contributed by atoms with van der Waals surface area (Å²) in [6, 6.07) is 5.18. The predicted molar refractivity (Wildman–Crippen MR) is 64.4 cm³/mol. The average Bonchev–Trinajstić information content (AvgIpc) is 2.13.